The molecular weight excluding hydrogens is 543 g/mol. The third-order valence-electron chi connectivity index (χ3n) is 6.14. The van der Waals surface area contributed by atoms with E-state index in [1.165, 1.54) is 36.5 Å². The van der Waals surface area contributed by atoms with Crippen molar-refractivity contribution in [2.75, 3.05) is 42.6 Å². The first-order valence-corrected chi connectivity index (χ1v) is 12.6. The monoisotopic (exact) mass is 570 g/mol. The number of nitrogens with one attached hydrogen (secondary N) is 1. The lowest BCUT2D eigenvalue weighted by atomic mass is 10.1. The molecule has 2 aliphatic rings. The fourth-order valence-electron chi connectivity index (χ4n) is 4.02. The van der Waals surface area contributed by atoms with Crippen molar-refractivity contribution >= 4 is 47.7 Å². The molecule has 1 aromatic heterocycles. The maximum Gasteiger partial charge on any atom is 0.414 e. The Balaban J connectivity index is 1.33. The average Bonchev–Trinajstić information content (AvgIpc) is 3.34. The standard InChI is InChI=1S/C26H27FN6O8/c1-16(34)28-12-19-13-32(26(39)41-19)18-3-4-20(21(27)10-18)17-2-5-22(29-11-17)31-8-9-33(30-15-31)23(35)14-40-25(38)7-6-24(36)37/h2-5,10-11,15,19H,6-9,12-14H2,1H3,(H,28,34)(H,36,37)/t19-/m0/s1. The summed E-state index contributed by atoms with van der Waals surface area (Å²) < 4.78 is 25.1. The first-order valence-electron chi connectivity index (χ1n) is 12.6. The summed E-state index contributed by atoms with van der Waals surface area (Å²) in [6.45, 7) is 1.67. The summed E-state index contributed by atoms with van der Waals surface area (Å²) >= 11 is 0. The lowest BCUT2D eigenvalue weighted by Gasteiger charge is -2.27. The van der Waals surface area contributed by atoms with E-state index < -0.39 is 42.5 Å². The normalized spacial score (nSPS) is 16.4. The van der Waals surface area contributed by atoms with Gasteiger partial charge in [-0.05, 0) is 30.3 Å². The maximum atomic E-state index is 15.0. The minimum Gasteiger partial charge on any atom is -0.481 e. The van der Waals surface area contributed by atoms with E-state index in [0.29, 0.717) is 23.6 Å². The second-order valence-electron chi connectivity index (χ2n) is 9.12. The molecule has 1 saturated heterocycles. The van der Waals surface area contributed by atoms with E-state index in [9.17, 15) is 24.0 Å². The van der Waals surface area contributed by atoms with Gasteiger partial charge in [-0.2, -0.15) is 5.10 Å². The number of aliphatic carboxylic acids is 1. The summed E-state index contributed by atoms with van der Waals surface area (Å²) in [6, 6.07) is 7.71. The van der Waals surface area contributed by atoms with Gasteiger partial charge in [-0.25, -0.2) is 19.2 Å². The fraction of sp³-hybridized carbons (Fsp3) is 0.346. The van der Waals surface area contributed by atoms with Crippen LogP contribution in [0.25, 0.3) is 11.1 Å². The molecule has 216 valence electrons. The average molecular weight is 571 g/mol. The van der Waals surface area contributed by atoms with Gasteiger partial charge >= 0.3 is 18.0 Å². The number of carbonyl (C=O) groups is 5. The number of esters is 1. The van der Waals surface area contributed by atoms with Gasteiger partial charge in [0.05, 0.1) is 38.2 Å². The highest BCUT2D eigenvalue weighted by molar-refractivity contribution is 5.90. The number of amides is 3. The molecule has 2 N–H and O–H groups in total. The number of cyclic esters (lactones) is 1. The van der Waals surface area contributed by atoms with Crippen molar-refractivity contribution < 1.29 is 42.9 Å². The molecule has 0 aliphatic carbocycles. The second-order valence-corrected chi connectivity index (χ2v) is 9.12. The number of halogens is 1. The molecule has 4 rings (SSSR count). The predicted octanol–water partition coefficient (Wildman–Crippen LogP) is 1.35. The van der Waals surface area contributed by atoms with E-state index in [1.54, 1.807) is 23.1 Å². The Morgan fingerprint density at radius 2 is 1.98 bits per heavy atom. The Kier molecular flexibility index (Phi) is 9.06. The molecule has 2 aliphatic heterocycles. The summed E-state index contributed by atoms with van der Waals surface area (Å²) in [5.74, 6) is -2.79. The molecular formula is C26H27FN6O8. The van der Waals surface area contributed by atoms with Crippen molar-refractivity contribution in [1.82, 2.24) is 15.3 Å². The number of pyridine rings is 1. The smallest absolute Gasteiger partial charge is 0.414 e. The SMILES string of the molecule is CC(=O)NC[C@H]1CN(c2ccc(-c3ccc(N4C=NN(C(=O)COC(=O)CCC(=O)O)CC4)nc3)c(F)c2)C(=O)O1. The highest BCUT2D eigenvalue weighted by Gasteiger charge is 2.32. The zero-order chi connectivity index (χ0) is 29.5. The number of ether oxygens (including phenoxy) is 2. The number of hydrogen-bond donors (Lipinski definition) is 2. The molecule has 0 bridgehead atoms. The molecule has 3 amide bonds. The third kappa shape index (κ3) is 7.52. The van der Waals surface area contributed by atoms with Crippen LogP contribution >= 0.6 is 0 Å². The first kappa shape index (κ1) is 28.9. The Morgan fingerprint density at radius 3 is 2.61 bits per heavy atom. The van der Waals surface area contributed by atoms with Crippen molar-refractivity contribution in [3.05, 3.63) is 42.3 Å². The van der Waals surface area contributed by atoms with Gasteiger partial charge in [0.1, 0.15) is 24.1 Å². The molecule has 0 spiro atoms. The fourth-order valence-corrected chi connectivity index (χ4v) is 4.02. The van der Waals surface area contributed by atoms with Crippen LogP contribution < -0.4 is 15.1 Å². The Hall–Kier alpha value is -5.08. The molecule has 1 atom stereocenters. The van der Waals surface area contributed by atoms with Gasteiger partial charge in [0.15, 0.2) is 6.61 Å². The van der Waals surface area contributed by atoms with Gasteiger partial charge in [0, 0.05) is 30.8 Å². The molecule has 0 radical (unpaired) electrons. The lowest BCUT2D eigenvalue weighted by Crippen LogP contribution is -2.42. The topological polar surface area (TPSA) is 171 Å². The van der Waals surface area contributed by atoms with Crippen LogP contribution in [0.3, 0.4) is 0 Å². The Morgan fingerprint density at radius 1 is 1.17 bits per heavy atom. The van der Waals surface area contributed by atoms with E-state index in [2.05, 4.69) is 15.4 Å². The quantitative estimate of drug-likeness (QED) is 0.397. The molecule has 0 saturated carbocycles. The zero-order valence-corrected chi connectivity index (χ0v) is 22.0. The second kappa shape index (κ2) is 12.8. The van der Waals surface area contributed by atoms with Crippen LogP contribution in [0.2, 0.25) is 0 Å². The van der Waals surface area contributed by atoms with Crippen LogP contribution in [0.1, 0.15) is 19.8 Å². The van der Waals surface area contributed by atoms with E-state index >= 15 is 4.39 Å². The van der Waals surface area contributed by atoms with Crippen LogP contribution in [-0.2, 0) is 28.7 Å². The Labute approximate surface area is 233 Å². The number of anilines is 2. The first-order chi connectivity index (χ1) is 19.6. The number of nitrogens with zero attached hydrogens (tertiary/aromatic N) is 5. The van der Waals surface area contributed by atoms with Crippen LogP contribution in [0.5, 0.6) is 0 Å². The summed E-state index contributed by atoms with van der Waals surface area (Å²) in [4.78, 5) is 64.9. The number of carboxylic acids is 1. The molecule has 3 heterocycles. The van der Waals surface area contributed by atoms with E-state index in [1.807, 2.05) is 0 Å². The summed E-state index contributed by atoms with van der Waals surface area (Å²) in [5.41, 5.74) is 1.10. The number of carboxylic acid groups (broad SMARTS) is 1. The van der Waals surface area contributed by atoms with Crippen LogP contribution in [0.4, 0.5) is 20.7 Å². The molecule has 0 unspecified atom stereocenters. The summed E-state index contributed by atoms with van der Waals surface area (Å²) in [7, 11) is 0. The lowest BCUT2D eigenvalue weighted by molar-refractivity contribution is -0.153. The molecule has 41 heavy (non-hydrogen) atoms. The largest absolute Gasteiger partial charge is 0.481 e. The number of hydrazone groups is 1. The van der Waals surface area contributed by atoms with Crippen molar-refractivity contribution in [3.8, 4) is 11.1 Å². The van der Waals surface area contributed by atoms with Crippen molar-refractivity contribution in [3.63, 3.8) is 0 Å². The van der Waals surface area contributed by atoms with Gasteiger partial charge < -0.3 is 24.8 Å². The number of benzene rings is 1. The van der Waals surface area contributed by atoms with Gasteiger partial charge in [-0.1, -0.05) is 0 Å². The van der Waals surface area contributed by atoms with Crippen molar-refractivity contribution in [1.29, 1.82) is 0 Å². The number of hydrogen-bond acceptors (Lipinski definition) is 10. The summed E-state index contributed by atoms with van der Waals surface area (Å²) in [6.07, 6.45) is 0.998. The highest BCUT2D eigenvalue weighted by atomic mass is 19.1. The zero-order valence-electron chi connectivity index (χ0n) is 22.0. The van der Waals surface area contributed by atoms with Crippen molar-refractivity contribution in [2.24, 2.45) is 5.10 Å². The van der Waals surface area contributed by atoms with E-state index in [0.717, 1.165) is 5.01 Å². The Bertz CT molecular complexity index is 1370. The van der Waals surface area contributed by atoms with Crippen LogP contribution in [-0.4, -0.2) is 90.2 Å². The minimum atomic E-state index is -1.14. The number of aromatic nitrogens is 1. The number of carbonyl (C=O) groups excluding carboxylic acids is 4. The third-order valence-corrected chi connectivity index (χ3v) is 6.14. The van der Waals surface area contributed by atoms with Crippen molar-refractivity contribution in [2.45, 2.75) is 25.9 Å². The highest BCUT2D eigenvalue weighted by Crippen LogP contribution is 2.29. The molecule has 1 aromatic carbocycles. The van der Waals surface area contributed by atoms with Gasteiger partial charge in [0.25, 0.3) is 5.91 Å². The van der Waals surface area contributed by atoms with Gasteiger partial charge in [0.2, 0.25) is 5.91 Å². The van der Waals surface area contributed by atoms with Gasteiger partial charge in [-0.3, -0.25) is 24.1 Å². The van der Waals surface area contributed by atoms with Gasteiger partial charge in [-0.15, -0.1) is 0 Å². The minimum absolute atomic E-state index is 0.165. The van der Waals surface area contributed by atoms with Crippen LogP contribution in [0, 0.1) is 5.82 Å². The molecule has 2 aromatic rings. The maximum absolute atomic E-state index is 15.0. The van der Waals surface area contributed by atoms with E-state index in [4.69, 9.17) is 14.6 Å². The molecule has 14 nitrogen and oxygen atoms in total. The predicted molar refractivity (Wildman–Crippen MR) is 141 cm³/mol. The molecule has 15 heteroatoms. The summed E-state index contributed by atoms with van der Waals surface area (Å²) in [5, 5.41) is 16.4. The number of rotatable bonds is 10. The van der Waals surface area contributed by atoms with Crippen LogP contribution in [0.15, 0.2) is 41.6 Å². The van der Waals surface area contributed by atoms with E-state index in [-0.39, 0.29) is 43.9 Å². The molecule has 1 fully saturated rings.